The van der Waals surface area contributed by atoms with Crippen molar-refractivity contribution in [3.63, 3.8) is 0 Å². The van der Waals surface area contributed by atoms with Gasteiger partial charge in [0.05, 0.1) is 5.56 Å². The Morgan fingerprint density at radius 1 is 1.25 bits per heavy atom. The zero-order chi connectivity index (χ0) is 14.8. The fourth-order valence-corrected chi connectivity index (χ4v) is 2.42. The van der Waals surface area contributed by atoms with Crippen molar-refractivity contribution in [1.82, 2.24) is 15.5 Å². The van der Waals surface area contributed by atoms with Crippen LogP contribution in [-0.4, -0.2) is 23.8 Å². The predicted molar refractivity (Wildman–Crippen MR) is 67.9 cm³/mol. The van der Waals surface area contributed by atoms with Crippen molar-refractivity contribution in [2.24, 2.45) is 0 Å². The number of rotatable bonds is 4. The first-order valence-corrected chi connectivity index (χ1v) is 6.57. The first kappa shape index (κ1) is 14.9. The van der Waals surface area contributed by atoms with Crippen LogP contribution in [0.5, 0.6) is 0 Å². The molecule has 0 fully saturated rings. The van der Waals surface area contributed by atoms with E-state index in [0.717, 1.165) is 23.5 Å². The second-order valence-corrected chi connectivity index (χ2v) is 5.11. The van der Waals surface area contributed by atoms with Gasteiger partial charge in [-0.25, -0.2) is 4.39 Å². The van der Waals surface area contributed by atoms with Gasteiger partial charge in [-0.1, -0.05) is 11.3 Å². The molecule has 0 aliphatic carbocycles. The van der Waals surface area contributed by atoms with Crippen molar-refractivity contribution in [1.29, 1.82) is 0 Å². The number of benzene rings is 1. The molecule has 1 N–H and O–H groups in total. The Labute approximate surface area is 116 Å². The third-order valence-electron chi connectivity index (χ3n) is 2.58. The zero-order valence-electron chi connectivity index (χ0n) is 10.5. The van der Waals surface area contributed by atoms with Gasteiger partial charge in [-0.2, -0.15) is 13.2 Å². The highest BCUT2D eigenvalue weighted by molar-refractivity contribution is 7.14. The van der Waals surface area contributed by atoms with Crippen LogP contribution in [0.25, 0.3) is 10.6 Å². The molecule has 0 aliphatic heterocycles. The van der Waals surface area contributed by atoms with E-state index in [1.165, 1.54) is 0 Å². The maximum absolute atomic E-state index is 13.7. The lowest BCUT2D eigenvalue weighted by atomic mass is 10.1. The Bertz CT molecular complexity index is 595. The number of likely N-dealkylation sites (N-methyl/N-ethyl adjacent to an activating group) is 1. The van der Waals surface area contributed by atoms with Crippen LogP contribution in [0.15, 0.2) is 18.2 Å². The van der Waals surface area contributed by atoms with E-state index in [4.69, 9.17) is 0 Å². The fraction of sp³-hybridized carbons (Fsp3) is 0.333. The Kier molecular flexibility index (Phi) is 4.34. The molecule has 1 aromatic carbocycles. The summed E-state index contributed by atoms with van der Waals surface area (Å²) in [5.74, 6) is -0.741. The third kappa shape index (κ3) is 3.31. The summed E-state index contributed by atoms with van der Waals surface area (Å²) in [5, 5.41) is 11.3. The third-order valence-corrected chi connectivity index (χ3v) is 3.60. The van der Waals surface area contributed by atoms with Crippen molar-refractivity contribution < 1.29 is 17.6 Å². The molecule has 20 heavy (non-hydrogen) atoms. The van der Waals surface area contributed by atoms with Gasteiger partial charge in [-0.15, -0.1) is 10.2 Å². The highest BCUT2D eigenvalue weighted by Gasteiger charge is 2.31. The van der Waals surface area contributed by atoms with Gasteiger partial charge in [0.2, 0.25) is 0 Å². The van der Waals surface area contributed by atoms with Crippen LogP contribution < -0.4 is 5.32 Å². The highest BCUT2D eigenvalue weighted by Crippen LogP contribution is 2.34. The van der Waals surface area contributed by atoms with E-state index in [9.17, 15) is 17.6 Å². The summed E-state index contributed by atoms with van der Waals surface area (Å²) in [6.45, 7) is 0.666. The average molecular weight is 305 g/mol. The lowest BCUT2D eigenvalue weighted by Gasteiger charge is -2.07. The molecule has 2 aromatic rings. The van der Waals surface area contributed by atoms with E-state index >= 15 is 0 Å². The first-order valence-electron chi connectivity index (χ1n) is 5.76. The maximum Gasteiger partial charge on any atom is 0.416 e. The molecule has 0 bridgehead atoms. The lowest BCUT2D eigenvalue weighted by Crippen LogP contribution is -2.09. The van der Waals surface area contributed by atoms with Gasteiger partial charge in [-0.3, -0.25) is 0 Å². The molecule has 0 atom stereocenters. The fourth-order valence-electron chi connectivity index (χ4n) is 1.56. The predicted octanol–water partition coefficient (Wildman–Crippen LogP) is 3.12. The van der Waals surface area contributed by atoms with Gasteiger partial charge in [0.1, 0.15) is 10.8 Å². The van der Waals surface area contributed by atoms with E-state index in [1.807, 2.05) is 0 Å². The summed E-state index contributed by atoms with van der Waals surface area (Å²) in [4.78, 5) is 0. The standard InChI is InChI=1S/C12H11F4N3S/c1-17-5-4-10-18-19-11(20-10)8-6-7(12(14,15)16)2-3-9(8)13/h2-3,6,17H,4-5H2,1H3. The minimum atomic E-state index is -4.51. The first-order chi connectivity index (χ1) is 9.41. The molecule has 8 heteroatoms. The number of nitrogens with zero attached hydrogens (tertiary/aromatic N) is 2. The lowest BCUT2D eigenvalue weighted by molar-refractivity contribution is -0.137. The molecule has 108 valence electrons. The van der Waals surface area contributed by atoms with Crippen LogP contribution >= 0.6 is 11.3 Å². The number of hydrogen-bond acceptors (Lipinski definition) is 4. The normalized spacial score (nSPS) is 11.8. The summed E-state index contributed by atoms with van der Waals surface area (Å²) >= 11 is 1.09. The van der Waals surface area contributed by atoms with E-state index in [1.54, 1.807) is 7.05 Å². The SMILES string of the molecule is CNCCc1nnc(-c2cc(C(F)(F)F)ccc2F)s1. The van der Waals surface area contributed by atoms with Gasteiger partial charge < -0.3 is 5.32 Å². The van der Waals surface area contributed by atoms with Crippen molar-refractivity contribution in [2.75, 3.05) is 13.6 Å². The molecular formula is C12H11F4N3S. The number of hydrogen-bond donors (Lipinski definition) is 1. The molecule has 3 nitrogen and oxygen atoms in total. The topological polar surface area (TPSA) is 37.8 Å². The average Bonchev–Trinajstić information content (AvgIpc) is 2.84. The van der Waals surface area contributed by atoms with E-state index < -0.39 is 17.6 Å². The number of aromatic nitrogens is 2. The van der Waals surface area contributed by atoms with Crippen molar-refractivity contribution >= 4 is 11.3 Å². The van der Waals surface area contributed by atoms with E-state index in [2.05, 4.69) is 15.5 Å². The monoisotopic (exact) mass is 305 g/mol. The second kappa shape index (κ2) is 5.84. The summed E-state index contributed by atoms with van der Waals surface area (Å²) in [5.41, 5.74) is -1.08. The van der Waals surface area contributed by atoms with Crippen molar-refractivity contribution in [3.05, 3.63) is 34.6 Å². The van der Waals surface area contributed by atoms with Crippen molar-refractivity contribution in [3.8, 4) is 10.6 Å². The Morgan fingerprint density at radius 2 is 2.00 bits per heavy atom. The van der Waals surface area contributed by atoms with Gasteiger partial charge in [0.25, 0.3) is 0 Å². The van der Waals surface area contributed by atoms with E-state index in [-0.39, 0.29) is 10.6 Å². The molecule has 0 aliphatic rings. The van der Waals surface area contributed by atoms with Crippen LogP contribution in [0.3, 0.4) is 0 Å². The molecule has 0 spiro atoms. The number of nitrogens with one attached hydrogen (secondary N) is 1. The molecule has 1 heterocycles. The minimum Gasteiger partial charge on any atom is -0.319 e. The molecule has 0 radical (unpaired) electrons. The second-order valence-electron chi connectivity index (χ2n) is 4.05. The zero-order valence-corrected chi connectivity index (χ0v) is 11.3. The van der Waals surface area contributed by atoms with Gasteiger partial charge in [0.15, 0.2) is 5.01 Å². The van der Waals surface area contributed by atoms with Gasteiger partial charge in [0, 0.05) is 18.5 Å². The Balaban J connectivity index is 2.34. The molecule has 0 amide bonds. The van der Waals surface area contributed by atoms with Gasteiger partial charge >= 0.3 is 6.18 Å². The van der Waals surface area contributed by atoms with Crippen LogP contribution in [0.2, 0.25) is 0 Å². The summed E-state index contributed by atoms with van der Waals surface area (Å²) in [6.07, 6.45) is -3.92. The largest absolute Gasteiger partial charge is 0.416 e. The highest BCUT2D eigenvalue weighted by atomic mass is 32.1. The smallest absolute Gasteiger partial charge is 0.319 e. The Morgan fingerprint density at radius 3 is 2.65 bits per heavy atom. The maximum atomic E-state index is 13.7. The Hall–Kier alpha value is -1.54. The van der Waals surface area contributed by atoms with Crippen LogP contribution in [-0.2, 0) is 12.6 Å². The molecule has 0 saturated heterocycles. The molecule has 1 aromatic heterocycles. The summed E-state index contributed by atoms with van der Waals surface area (Å²) in [6, 6.07) is 2.27. The summed E-state index contributed by atoms with van der Waals surface area (Å²) in [7, 11) is 1.77. The van der Waals surface area contributed by atoms with Gasteiger partial charge in [-0.05, 0) is 25.2 Å². The minimum absolute atomic E-state index is 0.153. The number of alkyl halides is 3. The van der Waals surface area contributed by atoms with Crippen molar-refractivity contribution in [2.45, 2.75) is 12.6 Å². The molecule has 2 rings (SSSR count). The van der Waals surface area contributed by atoms with Crippen LogP contribution in [0.4, 0.5) is 17.6 Å². The van der Waals surface area contributed by atoms with E-state index in [0.29, 0.717) is 24.0 Å². The number of halogens is 4. The summed E-state index contributed by atoms with van der Waals surface area (Å²) < 4.78 is 51.5. The molecule has 0 saturated carbocycles. The van der Waals surface area contributed by atoms with Crippen LogP contribution in [0, 0.1) is 5.82 Å². The van der Waals surface area contributed by atoms with Crippen LogP contribution in [0.1, 0.15) is 10.6 Å². The quantitative estimate of drug-likeness (QED) is 0.882. The molecule has 0 unspecified atom stereocenters. The molecular weight excluding hydrogens is 294 g/mol.